The monoisotopic (exact) mass is 365 g/mol. The molecule has 0 aliphatic carbocycles. The molecule has 0 bridgehead atoms. The van der Waals surface area contributed by atoms with Gasteiger partial charge in [0.15, 0.2) is 11.2 Å². The van der Waals surface area contributed by atoms with Gasteiger partial charge in [0.2, 0.25) is 0 Å². The number of amides is 2. The SMILES string of the molecule is CC(c1cnc2c(n1)c(=O)n(C)c(=O)n2C)N1C(=O)c2ccccc2C1=O. The van der Waals surface area contributed by atoms with Gasteiger partial charge in [-0.25, -0.2) is 14.8 Å². The molecule has 1 aliphatic rings. The van der Waals surface area contributed by atoms with E-state index in [2.05, 4.69) is 9.97 Å². The van der Waals surface area contributed by atoms with E-state index in [9.17, 15) is 19.2 Å². The number of benzene rings is 1. The Morgan fingerprint density at radius 1 is 0.926 bits per heavy atom. The highest BCUT2D eigenvalue weighted by Gasteiger charge is 2.39. The van der Waals surface area contributed by atoms with Crippen LogP contribution in [0.25, 0.3) is 11.2 Å². The topological polar surface area (TPSA) is 107 Å². The number of aromatic nitrogens is 4. The van der Waals surface area contributed by atoms with Crippen molar-refractivity contribution in [2.45, 2.75) is 13.0 Å². The molecule has 27 heavy (non-hydrogen) atoms. The number of carbonyl (C=O) groups excluding carboxylic acids is 2. The molecule has 1 aromatic carbocycles. The van der Waals surface area contributed by atoms with Gasteiger partial charge in [0.1, 0.15) is 0 Å². The molecule has 2 amide bonds. The number of fused-ring (bicyclic) bond motifs is 2. The minimum absolute atomic E-state index is 0.000518. The lowest BCUT2D eigenvalue weighted by Gasteiger charge is -2.22. The van der Waals surface area contributed by atoms with E-state index in [0.717, 1.165) is 9.47 Å². The average molecular weight is 365 g/mol. The van der Waals surface area contributed by atoms with Gasteiger partial charge in [0.05, 0.1) is 29.1 Å². The Hall–Kier alpha value is -3.62. The van der Waals surface area contributed by atoms with Crippen LogP contribution in [0.15, 0.2) is 40.1 Å². The molecule has 9 heteroatoms. The summed E-state index contributed by atoms with van der Waals surface area (Å²) in [5.74, 6) is -0.836. The third-order valence-electron chi connectivity index (χ3n) is 4.81. The largest absolute Gasteiger partial charge is 0.332 e. The Kier molecular flexibility index (Phi) is 3.55. The molecule has 1 unspecified atom stereocenters. The van der Waals surface area contributed by atoms with Crippen molar-refractivity contribution < 1.29 is 9.59 Å². The van der Waals surface area contributed by atoms with E-state index in [1.165, 1.54) is 24.9 Å². The van der Waals surface area contributed by atoms with Crippen molar-refractivity contribution in [1.29, 1.82) is 0 Å². The summed E-state index contributed by atoms with van der Waals surface area (Å²) in [6, 6.07) is 5.85. The van der Waals surface area contributed by atoms with Crippen molar-refractivity contribution in [2.75, 3.05) is 0 Å². The summed E-state index contributed by atoms with van der Waals surface area (Å²) in [5.41, 5.74) is -0.00231. The van der Waals surface area contributed by atoms with Crippen LogP contribution in [0.3, 0.4) is 0 Å². The third kappa shape index (κ3) is 2.24. The summed E-state index contributed by atoms with van der Waals surface area (Å²) < 4.78 is 2.16. The van der Waals surface area contributed by atoms with Crippen LogP contribution < -0.4 is 11.2 Å². The normalized spacial score (nSPS) is 14.7. The van der Waals surface area contributed by atoms with Gasteiger partial charge in [-0.1, -0.05) is 12.1 Å². The predicted molar refractivity (Wildman–Crippen MR) is 95.4 cm³/mol. The number of aryl methyl sites for hydroxylation is 1. The van der Waals surface area contributed by atoms with Gasteiger partial charge >= 0.3 is 5.69 Å². The highest BCUT2D eigenvalue weighted by molar-refractivity contribution is 6.21. The number of carbonyl (C=O) groups is 2. The third-order valence-corrected chi connectivity index (χ3v) is 4.81. The fourth-order valence-electron chi connectivity index (χ4n) is 3.24. The van der Waals surface area contributed by atoms with Crippen LogP contribution in [0.5, 0.6) is 0 Å². The smallest absolute Gasteiger partial charge is 0.279 e. The van der Waals surface area contributed by atoms with Crippen LogP contribution in [0.4, 0.5) is 0 Å². The maximum Gasteiger partial charge on any atom is 0.332 e. The zero-order valence-electron chi connectivity index (χ0n) is 14.8. The van der Waals surface area contributed by atoms with Gasteiger partial charge in [-0.2, -0.15) is 0 Å². The quantitative estimate of drug-likeness (QED) is 0.608. The maximum atomic E-state index is 12.7. The van der Waals surface area contributed by atoms with Crippen LogP contribution in [0.1, 0.15) is 39.4 Å². The van der Waals surface area contributed by atoms with E-state index in [4.69, 9.17) is 0 Å². The molecule has 0 radical (unpaired) electrons. The molecule has 1 aliphatic heterocycles. The highest BCUT2D eigenvalue weighted by Crippen LogP contribution is 2.30. The number of hydrogen-bond acceptors (Lipinski definition) is 6. The van der Waals surface area contributed by atoms with Gasteiger partial charge in [-0.05, 0) is 19.1 Å². The molecule has 4 rings (SSSR count). The van der Waals surface area contributed by atoms with Crippen LogP contribution in [-0.2, 0) is 14.1 Å². The van der Waals surface area contributed by atoms with Gasteiger partial charge in [0.25, 0.3) is 17.4 Å². The first-order chi connectivity index (χ1) is 12.8. The molecule has 1 atom stereocenters. The lowest BCUT2D eigenvalue weighted by Crippen LogP contribution is -2.38. The first-order valence-electron chi connectivity index (χ1n) is 8.22. The molecular formula is C18H15N5O4. The molecule has 3 heterocycles. The first kappa shape index (κ1) is 16.8. The summed E-state index contributed by atoms with van der Waals surface area (Å²) in [5, 5.41) is 0. The Morgan fingerprint density at radius 2 is 1.52 bits per heavy atom. The van der Waals surface area contributed by atoms with E-state index >= 15 is 0 Å². The molecule has 0 fully saturated rings. The van der Waals surface area contributed by atoms with Gasteiger partial charge < -0.3 is 0 Å². The molecule has 0 saturated carbocycles. The van der Waals surface area contributed by atoms with E-state index in [1.807, 2.05) is 0 Å². The van der Waals surface area contributed by atoms with Gasteiger partial charge in [-0.15, -0.1) is 0 Å². The molecule has 0 spiro atoms. The zero-order chi connectivity index (χ0) is 19.5. The molecule has 9 nitrogen and oxygen atoms in total. The summed E-state index contributed by atoms with van der Waals surface area (Å²) >= 11 is 0. The molecule has 2 aromatic heterocycles. The van der Waals surface area contributed by atoms with Crippen molar-refractivity contribution in [2.24, 2.45) is 14.1 Å². The highest BCUT2D eigenvalue weighted by atomic mass is 16.2. The van der Waals surface area contributed by atoms with Gasteiger partial charge in [-0.3, -0.25) is 28.4 Å². The second-order valence-electron chi connectivity index (χ2n) is 6.37. The summed E-state index contributed by atoms with van der Waals surface area (Å²) in [6.07, 6.45) is 1.37. The van der Waals surface area contributed by atoms with Crippen molar-refractivity contribution in [3.05, 3.63) is 68.1 Å². The van der Waals surface area contributed by atoms with E-state index in [1.54, 1.807) is 31.2 Å². The molecule has 3 aromatic rings. The van der Waals surface area contributed by atoms with Crippen molar-refractivity contribution in [3.8, 4) is 0 Å². The summed E-state index contributed by atoms with van der Waals surface area (Å²) in [6.45, 7) is 1.64. The zero-order valence-corrected chi connectivity index (χ0v) is 14.8. The predicted octanol–water partition coefficient (Wildman–Crippen LogP) is 0.384. The summed E-state index contributed by atoms with van der Waals surface area (Å²) in [7, 11) is 2.85. The van der Waals surface area contributed by atoms with Crippen molar-refractivity contribution in [1.82, 2.24) is 24.0 Å². The number of nitrogens with zero attached hydrogens (tertiary/aromatic N) is 5. The van der Waals surface area contributed by atoms with Crippen LogP contribution in [0.2, 0.25) is 0 Å². The minimum Gasteiger partial charge on any atom is -0.279 e. The lowest BCUT2D eigenvalue weighted by atomic mass is 10.1. The Balaban J connectivity index is 1.84. The van der Waals surface area contributed by atoms with Crippen molar-refractivity contribution >= 4 is 23.0 Å². The van der Waals surface area contributed by atoms with E-state index in [0.29, 0.717) is 11.1 Å². The van der Waals surface area contributed by atoms with E-state index in [-0.39, 0.29) is 16.9 Å². The van der Waals surface area contributed by atoms with Crippen LogP contribution in [0, 0.1) is 0 Å². The second-order valence-corrected chi connectivity index (χ2v) is 6.37. The Bertz CT molecular complexity index is 1220. The molecular weight excluding hydrogens is 350 g/mol. The van der Waals surface area contributed by atoms with Crippen LogP contribution >= 0.6 is 0 Å². The van der Waals surface area contributed by atoms with Gasteiger partial charge in [0, 0.05) is 14.1 Å². The molecule has 136 valence electrons. The number of imide groups is 1. The number of hydrogen-bond donors (Lipinski definition) is 0. The average Bonchev–Trinajstić information content (AvgIpc) is 2.94. The number of rotatable bonds is 2. The lowest BCUT2D eigenvalue weighted by molar-refractivity contribution is 0.0592. The molecule has 0 saturated heterocycles. The van der Waals surface area contributed by atoms with Crippen molar-refractivity contribution in [3.63, 3.8) is 0 Å². The Labute approximate surface area is 152 Å². The summed E-state index contributed by atoms with van der Waals surface area (Å²) in [4.78, 5) is 59.3. The van der Waals surface area contributed by atoms with E-state index < -0.39 is 29.1 Å². The standard InChI is InChI=1S/C18H15N5O4/c1-9(23-15(24)10-6-4-5-7-11(10)16(23)25)12-8-19-14-13(20-12)17(26)22(3)18(27)21(14)2/h4-9H,1-3H3. The molecule has 0 N–H and O–H groups in total. The second kappa shape index (κ2) is 5.70. The first-order valence-corrected chi connectivity index (χ1v) is 8.22. The fraction of sp³-hybridized carbons (Fsp3) is 0.222. The Morgan fingerprint density at radius 3 is 2.11 bits per heavy atom. The fourth-order valence-corrected chi connectivity index (χ4v) is 3.24. The maximum absolute atomic E-state index is 12.7. The minimum atomic E-state index is -0.726. The van der Waals surface area contributed by atoms with Crippen LogP contribution in [-0.4, -0.2) is 35.8 Å².